The van der Waals surface area contributed by atoms with Crippen LogP contribution in [0.15, 0.2) is 42.4 Å². The number of aryl methyl sites for hydroxylation is 1. The van der Waals surface area contributed by atoms with Crippen LogP contribution in [0.3, 0.4) is 0 Å². The minimum Gasteiger partial charge on any atom is -0.387 e. The zero-order chi connectivity index (χ0) is 31.7. The Labute approximate surface area is 261 Å². The van der Waals surface area contributed by atoms with Gasteiger partial charge in [0, 0.05) is 67.9 Å². The highest BCUT2D eigenvalue weighted by molar-refractivity contribution is 5.94. The van der Waals surface area contributed by atoms with Gasteiger partial charge in [-0.25, -0.2) is 9.82 Å². The first kappa shape index (κ1) is 33.8. The quantitative estimate of drug-likeness (QED) is 0.0964. The molecule has 0 radical (unpaired) electrons. The number of aromatic nitrogens is 2. The van der Waals surface area contributed by atoms with Crippen LogP contribution >= 0.6 is 0 Å². The molecule has 1 aliphatic rings. The summed E-state index contributed by atoms with van der Waals surface area (Å²) in [5.74, 6) is -0.0191. The van der Waals surface area contributed by atoms with Crippen LogP contribution in [-0.2, 0) is 22.5 Å². The lowest BCUT2D eigenvalue weighted by Crippen LogP contribution is -2.32. The van der Waals surface area contributed by atoms with Crippen LogP contribution in [0.4, 0.5) is 4.39 Å². The molecule has 0 aliphatic carbocycles. The van der Waals surface area contributed by atoms with E-state index in [9.17, 15) is 9.90 Å². The Morgan fingerprint density at radius 1 is 1.20 bits per heavy atom. The van der Waals surface area contributed by atoms with E-state index < -0.39 is 6.10 Å². The van der Waals surface area contributed by atoms with Gasteiger partial charge in [-0.1, -0.05) is 32.8 Å². The summed E-state index contributed by atoms with van der Waals surface area (Å²) in [5, 5.41) is 11.8. The molecule has 3 heterocycles. The molecule has 0 bridgehead atoms. The predicted octanol–water partition coefficient (Wildman–Crippen LogP) is 6.19. The van der Waals surface area contributed by atoms with Crippen molar-refractivity contribution >= 4 is 22.9 Å². The molecule has 240 valence electrons. The first-order valence-corrected chi connectivity index (χ1v) is 16.0. The molecule has 0 fully saturated rings. The summed E-state index contributed by atoms with van der Waals surface area (Å²) in [6.07, 6.45) is 7.09. The van der Waals surface area contributed by atoms with Gasteiger partial charge in [0.1, 0.15) is 5.83 Å². The fourth-order valence-electron chi connectivity index (χ4n) is 6.55. The van der Waals surface area contributed by atoms with Crippen molar-refractivity contribution in [1.82, 2.24) is 25.3 Å². The van der Waals surface area contributed by atoms with Crippen LogP contribution < -0.4 is 10.9 Å². The molecule has 0 spiro atoms. The van der Waals surface area contributed by atoms with Gasteiger partial charge in [0.05, 0.1) is 24.1 Å². The highest BCUT2D eigenvalue weighted by atomic mass is 19.1. The van der Waals surface area contributed by atoms with Crippen molar-refractivity contribution in [3.8, 4) is 11.3 Å². The Hall–Kier alpha value is -3.11. The smallest absolute Gasteiger partial charge is 0.221 e. The van der Waals surface area contributed by atoms with E-state index in [2.05, 4.69) is 64.3 Å². The number of fused-ring (bicyclic) bond motifs is 1. The van der Waals surface area contributed by atoms with Crippen molar-refractivity contribution in [2.75, 3.05) is 39.9 Å². The maximum atomic E-state index is 15.5. The highest BCUT2D eigenvalue weighted by Gasteiger charge is 2.28. The number of methoxy groups -OCH3 is 1. The Morgan fingerprint density at radius 2 is 2.00 bits per heavy atom. The van der Waals surface area contributed by atoms with Crippen molar-refractivity contribution < 1.29 is 19.0 Å². The van der Waals surface area contributed by atoms with Gasteiger partial charge in [-0.15, -0.1) is 0 Å². The second-order valence-corrected chi connectivity index (χ2v) is 12.7. The fourth-order valence-corrected chi connectivity index (χ4v) is 6.55. The number of benzene rings is 1. The Bertz CT molecular complexity index is 1430. The third-order valence-corrected chi connectivity index (χ3v) is 8.56. The first-order valence-electron chi connectivity index (χ1n) is 16.0. The number of hydrogen-bond acceptors (Lipinski definition) is 6. The summed E-state index contributed by atoms with van der Waals surface area (Å²) in [4.78, 5) is 17.3. The lowest BCUT2D eigenvalue weighted by molar-refractivity contribution is -0.110. The number of unbranched alkanes of at least 4 members (excludes halogenated alkanes) is 3. The number of aliphatic hydroxyl groups is 1. The lowest BCUT2D eigenvalue weighted by atomic mass is 9.84. The zero-order valence-corrected chi connectivity index (χ0v) is 27.1. The molecule has 1 aliphatic heterocycles. The van der Waals surface area contributed by atoms with Crippen molar-refractivity contribution in [1.29, 1.82) is 0 Å². The van der Waals surface area contributed by atoms with Crippen molar-refractivity contribution in [3.63, 3.8) is 0 Å². The molecule has 8 nitrogen and oxygen atoms in total. The summed E-state index contributed by atoms with van der Waals surface area (Å²) in [6, 6.07) is 10.4. The van der Waals surface area contributed by atoms with Crippen LogP contribution in [0, 0.1) is 5.41 Å². The molecule has 1 unspecified atom stereocenters. The molecule has 1 amide bonds. The molecule has 1 atom stereocenters. The van der Waals surface area contributed by atoms with Gasteiger partial charge in [-0.05, 0) is 80.5 Å². The summed E-state index contributed by atoms with van der Waals surface area (Å²) in [5.41, 5.74) is 11.8. The molecule has 2 aromatic heterocycles. The second kappa shape index (κ2) is 15.8. The molecule has 0 saturated heterocycles. The van der Waals surface area contributed by atoms with Crippen molar-refractivity contribution in [2.45, 2.75) is 78.9 Å². The average molecular weight is 608 g/mol. The van der Waals surface area contributed by atoms with E-state index in [1.165, 1.54) is 5.56 Å². The van der Waals surface area contributed by atoms with Gasteiger partial charge in [0.2, 0.25) is 6.41 Å². The van der Waals surface area contributed by atoms with Crippen LogP contribution in [0.5, 0.6) is 0 Å². The molecule has 1 aromatic carbocycles. The van der Waals surface area contributed by atoms with Gasteiger partial charge in [0.25, 0.3) is 0 Å². The third kappa shape index (κ3) is 8.13. The topological polar surface area (TPSA) is 91.7 Å². The molecule has 0 saturated carbocycles. The summed E-state index contributed by atoms with van der Waals surface area (Å²) >= 11 is 0. The number of amides is 1. The average Bonchev–Trinajstić information content (AvgIpc) is 3.30. The Morgan fingerprint density at radius 3 is 2.73 bits per heavy atom. The minimum atomic E-state index is -0.714. The van der Waals surface area contributed by atoms with E-state index in [1.807, 2.05) is 12.1 Å². The molecule has 44 heavy (non-hydrogen) atoms. The fraction of sp³-hybridized carbons (Fsp3) is 0.543. The van der Waals surface area contributed by atoms with Gasteiger partial charge >= 0.3 is 0 Å². The lowest BCUT2D eigenvalue weighted by Gasteiger charge is -2.28. The number of ether oxygens (including phenoxy) is 1. The first-order chi connectivity index (χ1) is 21.2. The number of halogens is 1. The van der Waals surface area contributed by atoms with E-state index in [-0.39, 0.29) is 11.2 Å². The van der Waals surface area contributed by atoms with E-state index in [0.717, 1.165) is 91.6 Å². The monoisotopic (exact) mass is 607 g/mol. The largest absolute Gasteiger partial charge is 0.387 e. The van der Waals surface area contributed by atoms with Gasteiger partial charge < -0.3 is 14.4 Å². The van der Waals surface area contributed by atoms with Crippen LogP contribution in [0.1, 0.15) is 82.7 Å². The van der Waals surface area contributed by atoms with Crippen LogP contribution in [0.25, 0.3) is 27.7 Å². The normalized spacial score (nSPS) is 15.2. The summed E-state index contributed by atoms with van der Waals surface area (Å²) in [7, 11) is 1.73. The number of carbonyl (C=O) groups is 1. The molecular formula is C35H50FN5O3. The predicted molar refractivity (Wildman–Crippen MR) is 176 cm³/mol. The SMILES string of the molecule is CCn1c(-c2cccnc2C(C)O)c(CC(C)(C)COC)c2cc(C3=C(F)CCN(CCCCCCNNC=O)C3)ccc21. The number of aliphatic hydroxyl groups excluding tert-OH is 1. The summed E-state index contributed by atoms with van der Waals surface area (Å²) in [6.45, 7) is 12.7. The Kier molecular flexibility index (Phi) is 12.1. The second-order valence-electron chi connectivity index (χ2n) is 12.7. The molecular weight excluding hydrogens is 557 g/mol. The maximum Gasteiger partial charge on any atom is 0.221 e. The standard InChI is InChI=1S/C35H50FN5O3/c1-6-41-32-14-13-26(30-22-40(19-15-31(30)36)18-10-8-7-9-17-38-39-24-42)20-28(32)29(21-35(3,4)23-44-5)34(41)27-12-11-16-37-33(27)25(2)43/h11-14,16,20,24-25,38,43H,6-10,15,17-19,21-23H2,1-5H3,(H,39,42). The maximum absolute atomic E-state index is 15.5. The minimum absolute atomic E-state index is 0.0191. The molecule has 4 rings (SSSR count). The van der Waals surface area contributed by atoms with Crippen LogP contribution in [0.2, 0.25) is 0 Å². The summed E-state index contributed by atoms with van der Waals surface area (Å²) < 4.78 is 23.4. The van der Waals surface area contributed by atoms with Crippen molar-refractivity contribution in [2.24, 2.45) is 5.41 Å². The van der Waals surface area contributed by atoms with Gasteiger partial charge in [-0.2, -0.15) is 0 Å². The molecule has 3 N–H and O–H groups in total. The number of nitrogens with one attached hydrogen (secondary N) is 2. The number of hydrogen-bond donors (Lipinski definition) is 3. The molecule has 9 heteroatoms. The number of pyridine rings is 1. The van der Waals surface area contributed by atoms with Crippen LogP contribution in [-0.4, -0.2) is 65.9 Å². The van der Waals surface area contributed by atoms with E-state index in [0.29, 0.717) is 31.7 Å². The van der Waals surface area contributed by atoms with Crippen molar-refractivity contribution in [3.05, 3.63) is 59.2 Å². The van der Waals surface area contributed by atoms with Gasteiger partial charge in [0.15, 0.2) is 0 Å². The van der Waals surface area contributed by atoms with Gasteiger partial charge in [-0.3, -0.25) is 20.1 Å². The zero-order valence-electron chi connectivity index (χ0n) is 27.1. The third-order valence-electron chi connectivity index (χ3n) is 8.56. The van der Waals surface area contributed by atoms with E-state index in [4.69, 9.17) is 4.74 Å². The Balaban J connectivity index is 1.67. The number of rotatable bonds is 17. The van der Waals surface area contributed by atoms with E-state index >= 15 is 4.39 Å². The number of carbonyl (C=O) groups excluding carboxylic acids is 1. The highest BCUT2D eigenvalue weighted by Crippen LogP contribution is 2.41. The number of nitrogens with zero attached hydrogens (tertiary/aromatic N) is 3. The van der Waals surface area contributed by atoms with E-state index in [1.54, 1.807) is 20.2 Å². The molecule has 3 aromatic rings. The number of hydrazine groups is 1.